The van der Waals surface area contributed by atoms with Gasteiger partial charge in [-0.25, -0.2) is 9.97 Å². The Labute approximate surface area is 154 Å². The summed E-state index contributed by atoms with van der Waals surface area (Å²) in [6, 6.07) is 7.82. The molecule has 0 bridgehead atoms. The number of piperazine rings is 1. The van der Waals surface area contributed by atoms with Crippen LogP contribution in [0.4, 0.5) is 5.82 Å². The first-order valence-corrected chi connectivity index (χ1v) is 8.82. The minimum absolute atomic E-state index is 0.198. The topological polar surface area (TPSA) is 70.6 Å². The summed E-state index contributed by atoms with van der Waals surface area (Å²) in [7, 11) is 3.76. The number of amides is 1. The number of methoxy groups -OCH3 is 1. The van der Waals surface area contributed by atoms with Gasteiger partial charge in [-0.05, 0) is 31.2 Å². The van der Waals surface area contributed by atoms with E-state index in [-0.39, 0.29) is 5.91 Å². The SMILES string of the molecule is COc1ccc(CCNC(=O)c2cnc(N3CCN(C)CC3)cn2)cc1. The van der Waals surface area contributed by atoms with Gasteiger partial charge < -0.3 is 19.9 Å². The molecular formula is C19H25N5O2. The first kappa shape index (κ1) is 18.1. The number of hydrogen-bond donors (Lipinski definition) is 1. The number of nitrogens with zero attached hydrogens (tertiary/aromatic N) is 4. The quantitative estimate of drug-likeness (QED) is 0.840. The number of hydrogen-bond acceptors (Lipinski definition) is 6. The van der Waals surface area contributed by atoms with E-state index in [1.54, 1.807) is 19.5 Å². The molecule has 2 aromatic rings. The van der Waals surface area contributed by atoms with Gasteiger partial charge >= 0.3 is 0 Å². The van der Waals surface area contributed by atoms with E-state index in [0.29, 0.717) is 12.2 Å². The predicted molar refractivity (Wildman–Crippen MR) is 101 cm³/mol. The molecule has 1 aromatic carbocycles. The molecule has 26 heavy (non-hydrogen) atoms. The lowest BCUT2D eigenvalue weighted by Crippen LogP contribution is -2.44. The minimum Gasteiger partial charge on any atom is -0.497 e. The summed E-state index contributed by atoms with van der Waals surface area (Å²) in [6.07, 6.45) is 3.99. The molecule has 7 heteroatoms. The van der Waals surface area contributed by atoms with Crippen molar-refractivity contribution in [1.29, 1.82) is 0 Å². The number of likely N-dealkylation sites (N-methyl/N-ethyl adjacent to an activating group) is 1. The van der Waals surface area contributed by atoms with Gasteiger partial charge in [-0.3, -0.25) is 4.79 Å². The molecule has 3 rings (SSSR count). The van der Waals surface area contributed by atoms with Crippen molar-refractivity contribution in [3.05, 3.63) is 47.9 Å². The van der Waals surface area contributed by atoms with Crippen molar-refractivity contribution in [3.8, 4) is 5.75 Å². The summed E-state index contributed by atoms with van der Waals surface area (Å²) in [6.45, 7) is 4.43. The highest BCUT2D eigenvalue weighted by Crippen LogP contribution is 2.12. The van der Waals surface area contributed by atoms with Crippen LogP contribution in [-0.2, 0) is 6.42 Å². The van der Waals surface area contributed by atoms with Crippen molar-refractivity contribution in [2.24, 2.45) is 0 Å². The van der Waals surface area contributed by atoms with Crippen LogP contribution in [0.5, 0.6) is 5.75 Å². The van der Waals surface area contributed by atoms with Gasteiger partial charge in [-0.15, -0.1) is 0 Å². The van der Waals surface area contributed by atoms with Gasteiger partial charge in [0.05, 0.1) is 19.5 Å². The number of nitrogens with one attached hydrogen (secondary N) is 1. The molecule has 0 radical (unpaired) electrons. The summed E-state index contributed by atoms with van der Waals surface area (Å²) >= 11 is 0. The van der Waals surface area contributed by atoms with Crippen LogP contribution in [0.25, 0.3) is 0 Å². The molecule has 1 amide bonds. The van der Waals surface area contributed by atoms with Crippen molar-refractivity contribution < 1.29 is 9.53 Å². The largest absolute Gasteiger partial charge is 0.497 e. The lowest BCUT2D eigenvalue weighted by Gasteiger charge is -2.32. The third-order valence-electron chi connectivity index (χ3n) is 4.56. The van der Waals surface area contributed by atoms with Crippen LogP contribution in [0.15, 0.2) is 36.7 Å². The van der Waals surface area contributed by atoms with Gasteiger partial charge in [0.1, 0.15) is 17.3 Å². The van der Waals surface area contributed by atoms with E-state index in [1.165, 1.54) is 0 Å². The third kappa shape index (κ3) is 4.70. The van der Waals surface area contributed by atoms with E-state index in [4.69, 9.17) is 4.74 Å². The van der Waals surface area contributed by atoms with E-state index < -0.39 is 0 Å². The molecule has 0 unspecified atom stereocenters. The van der Waals surface area contributed by atoms with Crippen LogP contribution in [0.1, 0.15) is 16.1 Å². The number of benzene rings is 1. The maximum atomic E-state index is 12.2. The van der Waals surface area contributed by atoms with E-state index in [0.717, 1.165) is 49.7 Å². The van der Waals surface area contributed by atoms with E-state index >= 15 is 0 Å². The summed E-state index contributed by atoms with van der Waals surface area (Å²) in [5.74, 6) is 1.46. The molecular weight excluding hydrogens is 330 g/mol. The second-order valence-corrected chi connectivity index (χ2v) is 6.40. The summed E-state index contributed by atoms with van der Waals surface area (Å²) < 4.78 is 5.14. The normalized spacial score (nSPS) is 14.9. The second kappa shape index (κ2) is 8.62. The van der Waals surface area contributed by atoms with Crippen LogP contribution in [0.3, 0.4) is 0 Å². The Morgan fingerprint density at radius 2 is 1.85 bits per heavy atom. The molecule has 1 fully saturated rings. The van der Waals surface area contributed by atoms with Crippen molar-refractivity contribution in [2.75, 3.05) is 51.8 Å². The molecule has 1 saturated heterocycles. The number of anilines is 1. The fourth-order valence-corrected chi connectivity index (χ4v) is 2.84. The first-order chi connectivity index (χ1) is 12.7. The molecule has 1 aromatic heterocycles. The van der Waals surface area contributed by atoms with Crippen molar-refractivity contribution in [2.45, 2.75) is 6.42 Å². The Morgan fingerprint density at radius 3 is 2.46 bits per heavy atom. The molecule has 0 spiro atoms. The Balaban J connectivity index is 1.48. The molecule has 0 atom stereocenters. The summed E-state index contributed by atoms with van der Waals surface area (Å²) in [4.78, 5) is 25.4. The van der Waals surface area contributed by atoms with Crippen LogP contribution >= 0.6 is 0 Å². The monoisotopic (exact) mass is 355 g/mol. The number of rotatable bonds is 6. The Hall–Kier alpha value is -2.67. The van der Waals surface area contributed by atoms with Gasteiger partial charge in [0, 0.05) is 32.7 Å². The van der Waals surface area contributed by atoms with E-state index in [1.807, 2.05) is 24.3 Å². The van der Waals surface area contributed by atoms with Gasteiger partial charge in [0.2, 0.25) is 0 Å². The van der Waals surface area contributed by atoms with Crippen molar-refractivity contribution >= 4 is 11.7 Å². The van der Waals surface area contributed by atoms with Crippen LogP contribution in [0.2, 0.25) is 0 Å². The highest BCUT2D eigenvalue weighted by atomic mass is 16.5. The molecule has 1 aliphatic heterocycles. The summed E-state index contributed by atoms with van der Waals surface area (Å²) in [5, 5.41) is 2.89. The Morgan fingerprint density at radius 1 is 1.12 bits per heavy atom. The third-order valence-corrected chi connectivity index (χ3v) is 4.56. The zero-order chi connectivity index (χ0) is 18.4. The van der Waals surface area contributed by atoms with Gasteiger partial charge in [0.15, 0.2) is 0 Å². The average Bonchev–Trinajstić information content (AvgIpc) is 2.69. The maximum absolute atomic E-state index is 12.2. The number of carbonyl (C=O) groups is 1. The number of carbonyl (C=O) groups excluding carboxylic acids is 1. The van der Waals surface area contributed by atoms with Crippen LogP contribution in [0, 0.1) is 0 Å². The lowest BCUT2D eigenvalue weighted by atomic mass is 10.1. The molecule has 0 saturated carbocycles. The Bertz CT molecular complexity index is 710. The van der Waals surface area contributed by atoms with E-state index in [9.17, 15) is 4.79 Å². The average molecular weight is 355 g/mol. The maximum Gasteiger partial charge on any atom is 0.271 e. The molecule has 7 nitrogen and oxygen atoms in total. The highest BCUT2D eigenvalue weighted by molar-refractivity contribution is 5.92. The fourth-order valence-electron chi connectivity index (χ4n) is 2.84. The van der Waals surface area contributed by atoms with Crippen molar-refractivity contribution in [3.63, 3.8) is 0 Å². The van der Waals surface area contributed by atoms with Gasteiger partial charge in [-0.1, -0.05) is 12.1 Å². The summed E-state index contributed by atoms with van der Waals surface area (Å²) in [5.41, 5.74) is 1.49. The molecule has 138 valence electrons. The minimum atomic E-state index is -0.198. The molecule has 2 heterocycles. The smallest absolute Gasteiger partial charge is 0.271 e. The van der Waals surface area contributed by atoms with Crippen LogP contribution in [-0.4, -0.2) is 67.7 Å². The molecule has 0 aliphatic carbocycles. The predicted octanol–water partition coefficient (Wildman–Crippen LogP) is 1.21. The zero-order valence-electron chi connectivity index (χ0n) is 15.3. The molecule has 1 aliphatic rings. The van der Waals surface area contributed by atoms with Gasteiger partial charge in [0.25, 0.3) is 5.91 Å². The highest BCUT2D eigenvalue weighted by Gasteiger charge is 2.16. The lowest BCUT2D eigenvalue weighted by molar-refractivity contribution is 0.0949. The Kier molecular flexibility index (Phi) is 6.01. The molecule has 1 N–H and O–H groups in total. The zero-order valence-corrected chi connectivity index (χ0v) is 15.3. The van der Waals surface area contributed by atoms with Gasteiger partial charge in [-0.2, -0.15) is 0 Å². The van der Waals surface area contributed by atoms with Crippen LogP contribution < -0.4 is 15.0 Å². The second-order valence-electron chi connectivity index (χ2n) is 6.40. The number of aromatic nitrogens is 2. The van der Waals surface area contributed by atoms with E-state index in [2.05, 4.69) is 32.1 Å². The standard InChI is InChI=1S/C19H25N5O2/c1-23-9-11-24(12-10-23)18-14-21-17(13-22-18)19(25)20-8-7-15-3-5-16(26-2)6-4-15/h3-6,13-14H,7-12H2,1-2H3,(H,20,25). The fraction of sp³-hybridized carbons (Fsp3) is 0.421. The number of ether oxygens (including phenoxy) is 1. The first-order valence-electron chi connectivity index (χ1n) is 8.82. The van der Waals surface area contributed by atoms with Crippen molar-refractivity contribution in [1.82, 2.24) is 20.2 Å².